The van der Waals surface area contributed by atoms with Crippen LogP contribution in [0.5, 0.6) is 5.75 Å². The van der Waals surface area contributed by atoms with Gasteiger partial charge in [-0.1, -0.05) is 6.07 Å². The average molecular weight is 260 g/mol. The van der Waals surface area contributed by atoms with Crippen LogP contribution >= 0.6 is 0 Å². The highest BCUT2D eigenvalue weighted by Crippen LogP contribution is 2.29. The SMILES string of the molecule is CC(=O)CN1CC(c2ccc3c(c2)CCO3)NC1=O. The van der Waals surface area contributed by atoms with Crippen molar-refractivity contribution in [2.45, 2.75) is 19.4 Å². The lowest BCUT2D eigenvalue weighted by Gasteiger charge is -2.13. The molecule has 1 aromatic carbocycles. The molecule has 100 valence electrons. The molecule has 1 atom stereocenters. The van der Waals surface area contributed by atoms with Crippen molar-refractivity contribution in [1.82, 2.24) is 10.2 Å². The monoisotopic (exact) mass is 260 g/mol. The normalized spacial score (nSPS) is 21.0. The zero-order chi connectivity index (χ0) is 13.4. The molecule has 1 aromatic rings. The molecule has 3 rings (SSSR count). The van der Waals surface area contributed by atoms with E-state index in [-0.39, 0.29) is 24.4 Å². The van der Waals surface area contributed by atoms with Crippen LogP contribution in [-0.2, 0) is 11.2 Å². The topological polar surface area (TPSA) is 58.6 Å². The van der Waals surface area contributed by atoms with Gasteiger partial charge in [-0.15, -0.1) is 0 Å². The Labute approximate surface area is 111 Å². The lowest BCUT2D eigenvalue weighted by molar-refractivity contribution is -0.117. The van der Waals surface area contributed by atoms with Gasteiger partial charge in [0.05, 0.1) is 19.2 Å². The fourth-order valence-electron chi connectivity index (χ4n) is 2.61. The predicted molar refractivity (Wildman–Crippen MR) is 69.2 cm³/mol. The quantitative estimate of drug-likeness (QED) is 0.890. The summed E-state index contributed by atoms with van der Waals surface area (Å²) in [4.78, 5) is 24.4. The lowest BCUT2D eigenvalue weighted by atomic mass is 10.0. The molecule has 0 bridgehead atoms. The third-order valence-electron chi connectivity index (χ3n) is 3.52. The minimum absolute atomic E-state index is 0.00171. The van der Waals surface area contributed by atoms with Gasteiger partial charge in [0.25, 0.3) is 0 Å². The third kappa shape index (κ3) is 2.28. The third-order valence-corrected chi connectivity index (χ3v) is 3.52. The van der Waals surface area contributed by atoms with Gasteiger partial charge < -0.3 is 15.0 Å². The highest BCUT2D eigenvalue weighted by molar-refractivity contribution is 5.85. The number of ether oxygens (including phenoxy) is 1. The van der Waals surface area contributed by atoms with Crippen molar-refractivity contribution in [3.8, 4) is 5.75 Å². The van der Waals surface area contributed by atoms with Crippen LogP contribution in [0, 0.1) is 0 Å². The number of Topliss-reactive ketones (excluding diaryl/α,β-unsaturated/α-hetero) is 1. The number of hydrogen-bond acceptors (Lipinski definition) is 3. The van der Waals surface area contributed by atoms with E-state index < -0.39 is 0 Å². The highest BCUT2D eigenvalue weighted by atomic mass is 16.5. The molecular weight excluding hydrogens is 244 g/mol. The number of ketones is 1. The maximum Gasteiger partial charge on any atom is 0.318 e. The van der Waals surface area contributed by atoms with Gasteiger partial charge in [0, 0.05) is 13.0 Å². The maximum atomic E-state index is 11.8. The molecule has 2 amide bonds. The van der Waals surface area contributed by atoms with Gasteiger partial charge >= 0.3 is 6.03 Å². The second-order valence-electron chi connectivity index (χ2n) is 5.05. The standard InChI is InChI=1S/C14H16N2O3/c1-9(17)7-16-8-12(15-14(16)18)10-2-3-13-11(6-10)4-5-19-13/h2-3,6,12H,4-5,7-8H2,1H3,(H,15,18). The molecule has 0 radical (unpaired) electrons. The van der Waals surface area contributed by atoms with Gasteiger partial charge in [-0.2, -0.15) is 0 Å². The van der Waals surface area contributed by atoms with Crippen molar-refractivity contribution in [2.75, 3.05) is 19.7 Å². The summed E-state index contributed by atoms with van der Waals surface area (Å²) in [5.74, 6) is 0.937. The molecule has 1 N–H and O–H groups in total. The first-order valence-electron chi connectivity index (χ1n) is 6.44. The number of fused-ring (bicyclic) bond motifs is 1. The molecule has 2 aliphatic rings. The van der Waals surface area contributed by atoms with Crippen LogP contribution in [0.1, 0.15) is 24.1 Å². The van der Waals surface area contributed by atoms with Crippen LogP contribution in [-0.4, -0.2) is 36.4 Å². The van der Waals surface area contributed by atoms with Crippen LogP contribution in [0.15, 0.2) is 18.2 Å². The Bertz CT molecular complexity index is 541. The Kier molecular flexibility index (Phi) is 2.89. The zero-order valence-electron chi connectivity index (χ0n) is 10.8. The molecule has 0 saturated carbocycles. The fourth-order valence-corrected chi connectivity index (χ4v) is 2.61. The van der Waals surface area contributed by atoms with E-state index in [2.05, 4.69) is 11.4 Å². The molecule has 2 aliphatic heterocycles. The number of urea groups is 1. The maximum absolute atomic E-state index is 11.8. The van der Waals surface area contributed by atoms with E-state index in [1.807, 2.05) is 12.1 Å². The second-order valence-corrected chi connectivity index (χ2v) is 5.05. The first-order valence-corrected chi connectivity index (χ1v) is 6.44. The Morgan fingerprint density at radius 3 is 3.16 bits per heavy atom. The van der Waals surface area contributed by atoms with E-state index >= 15 is 0 Å². The average Bonchev–Trinajstić information content (AvgIpc) is 2.95. The summed E-state index contributed by atoms with van der Waals surface area (Å²) in [6, 6.07) is 5.81. The second kappa shape index (κ2) is 4.57. The zero-order valence-corrected chi connectivity index (χ0v) is 10.8. The molecule has 0 aromatic heterocycles. The first kappa shape index (κ1) is 12.0. The van der Waals surface area contributed by atoms with Crippen LogP contribution in [0.2, 0.25) is 0 Å². The number of amides is 2. The van der Waals surface area contributed by atoms with Crippen molar-refractivity contribution in [3.05, 3.63) is 29.3 Å². The van der Waals surface area contributed by atoms with E-state index in [0.717, 1.165) is 24.3 Å². The van der Waals surface area contributed by atoms with Crippen molar-refractivity contribution in [1.29, 1.82) is 0 Å². The largest absolute Gasteiger partial charge is 0.493 e. The molecule has 2 heterocycles. The van der Waals surface area contributed by atoms with Gasteiger partial charge in [-0.05, 0) is 30.2 Å². The highest BCUT2D eigenvalue weighted by Gasteiger charge is 2.30. The minimum Gasteiger partial charge on any atom is -0.493 e. The fraction of sp³-hybridized carbons (Fsp3) is 0.429. The Hall–Kier alpha value is -2.04. The molecule has 5 heteroatoms. The number of hydrogen-bond donors (Lipinski definition) is 1. The summed E-state index contributed by atoms with van der Waals surface area (Å²) in [6.45, 7) is 2.94. The first-order chi connectivity index (χ1) is 9.13. The molecule has 1 unspecified atom stereocenters. The molecule has 1 saturated heterocycles. The Morgan fingerprint density at radius 2 is 2.37 bits per heavy atom. The van der Waals surface area contributed by atoms with Crippen LogP contribution in [0.3, 0.4) is 0 Å². The van der Waals surface area contributed by atoms with E-state index in [0.29, 0.717) is 6.54 Å². The van der Waals surface area contributed by atoms with Crippen molar-refractivity contribution in [3.63, 3.8) is 0 Å². The van der Waals surface area contributed by atoms with Crippen molar-refractivity contribution in [2.24, 2.45) is 0 Å². The smallest absolute Gasteiger partial charge is 0.318 e. The lowest BCUT2D eigenvalue weighted by Crippen LogP contribution is -2.32. The summed E-state index contributed by atoms with van der Waals surface area (Å²) in [6.07, 6.45) is 0.918. The van der Waals surface area contributed by atoms with Gasteiger partial charge in [-0.3, -0.25) is 4.79 Å². The summed E-state index contributed by atoms with van der Waals surface area (Å²) >= 11 is 0. The molecule has 1 fully saturated rings. The molecular formula is C14H16N2O3. The summed E-state index contributed by atoms with van der Waals surface area (Å²) in [5, 5.41) is 2.91. The van der Waals surface area contributed by atoms with E-state index in [1.165, 1.54) is 12.5 Å². The van der Waals surface area contributed by atoms with Crippen LogP contribution < -0.4 is 10.1 Å². The van der Waals surface area contributed by atoms with Crippen LogP contribution in [0.4, 0.5) is 4.79 Å². The Balaban J connectivity index is 1.77. The number of benzene rings is 1. The van der Waals surface area contributed by atoms with Crippen LogP contribution in [0.25, 0.3) is 0 Å². The van der Waals surface area contributed by atoms with E-state index in [4.69, 9.17) is 4.74 Å². The number of rotatable bonds is 3. The number of nitrogens with one attached hydrogen (secondary N) is 1. The summed E-state index contributed by atoms with van der Waals surface area (Å²) in [5.41, 5.74) is 2.26. The van der Waals surface area contributed by atoms with Gasteiger partial charge in [-0.25, -0.2) is 4.79 Å². The number of nitrogens with zero attached hydrogens (tertiary/aromatic N) is 1. The van der Waals surface area contributed by atoms with Gasteiger partial charge in [0.1, 0.15) is 11.5 Å². The van der Waals surface area contributed by atoms with E-state index in [9.17, 15) is 9.59 Å². The Morgan fingerprint density at radius 1 is 1.53 bits per heavy atom. The van der Waals surface area contributed by atoms with Crippen molar-refractivity contribution >= 4 is 11.8 Å². The van der Waals surface area contributed by atoms with Gasteiger partial charge in [0.15, 0.2) is 0 Å². The molecule has 0 aliphatic carbocycles. The summed E-state index contributed by atoms with van der Waals surface area (Å²) < 4.78 is 5.47. The predicted octanol–water partition coefficient (Wildman–Crippen LogP) is 1.28. The van der Waals surface area contributed by atoms with Crippen molar-refractivity contribution < 1.29 is 14.3 Å². The van der Waals surface area contributed by atoms with E-state index in [1.54, 1.807) is 4.90 Å². The summed E-state index contributed by atoms with van der Waals surface area (Å²) in [7, 11) is 0. The minimum atomic E-state index is -0.169. The molecule has 5 nitrogen and oxygen atoms in total. The molecule has 19 heavy (non-hydrogen) atoms. The number of carbonyl (C=O) groups excluding carboxylic acids is 2. The van der Waals surface area contributed by atoms with Gasteiger partial charge in [0.2, 0.25) is 0 Å². The number of carbonyl (C=O) groups is 2. The molecule has 0 spiro atoms.